The largest absolute Gasteiger partial charge is 0.256 e. The molecule has 0 amide bonds. The van der Waals surface area contributed by atoms with Crippen LogP contribution in [0.3, 0.4) is 0 Å². The minimum absolute atomic E-state index is 0.981. The van der Waals surface area contributed by atoms with Crippen molar-refractivity contribution in [2.75, 3.05) is 0 Å². The second kappa shape index (κ2) is 9.14. The Morgan fingerprint density at radius 2 is 0.800 bits per heavy atom. The van der Waals surface area contributed by atoms with E-state index in [1.54, 1.807) is 0 Å². The third-order valence-corrected chi connectivity index (χ3v) is 7.91. The third-order valence-electron chi connectivity index (χ3n) is 7.91. The van der Waals surface area contributed by atoms with E-state index in [-0.39, 0.29) is 0 Å². The molecule has 0 aliphatic heterocycles. The second-order valence-electron chi connectivity index (χ2n) is 10.2. The van der Waals surface area contributed by atoms with Gasteiger partial charge in [-0.1, -0.05) is 97.1 Å². The van der Waals surface area contributed by atoms with E-state index in [4.69, 9.17) is 9.97 Å². The first-order valence-electron chi connectivity index (χ1n) is 13.6. The first kappa shape index (κ1) is 22.6. The van der Waals surface area contributed by atoms with Crippen LogP contribution in [0.5, 0.6) is 0 Å². The van der Waals surface area contributed by atoms with Crippen LogP contribution in [-0.2, 0) is 0 Å². The van der Waals surface area contributed by atoms with Crippen LogP contribution in [-0.4, -0.2) is 9.97 Å². The molecule has 0 saturated heterocycles. The van der Waals surface area contributed by atoms with Gasteiger partial charge in [-0.15, -0.1) is 0 Å². The zero-order valence-electron chi connectivity index (χ0n) is 21.8. The predicted molar refractivity (Wildman–Crippen MR) is 167 cm³/mol. The van der Waals surface area contributed by atoms with Gasteiger partial charge in [0.1, 0.15) is 0 Å². The fourth-order valence-electron chi connectivity index (χ4n) is 6.22. The molecule has 2 heterocycles. The molecule has 2 aromatic heterocycles. The lowest BCUT2D eigenvalue weighted by Gasteiger charge is -2.21. The zero-order chi connectivity index (χ0) is 26.5. The summed E-state index contributed by atoms with van der Waals surface area (Å²) in [6.45, 7) is 0. The van der Waals surface area contributed by atoms with Crippen LogP contribution in [0.1, 0.15) is 0 Å². The normalized spacial score (nSPS) is 11.5. The van der Waals surface area contributed by atoms with Gasteiger partial charge in [-0.05, 0) is 91.0 Å². The lowest BCUT2D eigenvalue weighted by atomic mass is 9.83. The van der Waals surface area contributed by atoms with E-state index in [2.05, 4.69) is 121 Å². The number of hydrogen-bond acceptors (Lipinski definition) is 2. The van der Waals surface area contributed by atoms with Crippen molar-refractivity contribution in [3.05, 3.63) is 146 Å². The molecule has 2 heteroatoms. The van der Waals surface area contributed by atoms with E-state index < -0.39 is 0 Å². The van der Waals surface area contributed by atoms with Gasteiger partial charge in [0.2, 0.25) is 0 Å². The van der Waals surface area contributed by atoms with Crippen molar-refractivity contribution in [3.8, 4) is 44.8 Å². The van der Waals surface area contributed by atoms with Crippen LogP contribution < -0.4 is 0 Å². The van der Waals surface area contributed by atoms with E-state index in [9.17, 15) is 0 Å². The number of rotatable bonds is 4. The molecule has 40 heavy (non-hydrogen) atoms. The van der Waals surface area contributed by atoms with Crippen LogP contribution in [0.2, 0.25) is 0 Å². The summed E-state index contributed by atoms with van der Waals surface area (Å²) in [6, 6.07) is 47.4. The Hall–Kier alpha value is -5.34. The van der Waals surface area contributed by atoms with Crippen molar-refractivity contribution in [2.24, 2.45) is 0 Å². The Labute approximate surface area is 232 Å². The lowest BCUT2D eigenvalue weighted by molar-refractivity contribution is 1.33. The minimum atomic E-state index is 0.981. The maximum Gasteiger partial charge on any atom is 0.0714 e. The summed E-state index contributed by atoms with van der Waals surface area (Å²) in [4.78, 5) is 9.65. The Balaban J connectivity index is 1.55. The Morgan fingerprint density at radius 3 is 1.20 bits per heavy atom. The monoisotopic (exact) mass is 508 g/mol. The number of hydrogen-bond donors (Lipinski definition) is 0. The van der Waals surface area contributed by atoms with E-state index in [1.807, 2.05) is 24.5 Å². The molecule has 0 radical (unpaired) electrons. The molecular formula is C38H24N2. The predicted octanol–water partition coefficient (Wildman–Crippen LogP) is 10.0. The molecule has 0 bridgehead atoms. The first-order valence-corrected chi connectivity index (χ1v) is 13.6. The molecule has 8 rings (SSSR count). The quantitative estimate of drug-likeness (QED) is 0.221. The average Bonchev–Trinajstić information content (AvgIpc) is 3.04. The van der Waals surface area contributed by atoms with E-state index in [0.29, 0.717) is 0 Å². The molecule has 6 aromatic carbocycles. The van der Waals surface area contributed by atoms with E-state index in [0.717, 1.165) is 11.4 Å². The van der Waals surface area contributed by atoms with Gasteiger partial charge in [0.05, 0.1) is 11.4 Å². The fraction of sp³-hybridized carbons (Fsp3) is 0. The Bertz CT molecular complexity index is 1960. The van der Waals surface area contributed by atoms with Crippen molar-refractivity contribution in [2.45, 2.75) is 0 Å². The SMILES string of the molecule is c1ccc(-c2cc3ccc4c(-c5ccccn5)c(-c5ccccc5)cc5ccc(c2-c2ccccn2)c3c54)cc1. The molecule has 0 atom stereocenters. The smallest absolute Gasteiger partial charge is 0.0714 e. The molecular weight excluding hydrogens is 484 g/mol. The van der Waals surface area contributed by atoms with Gasteiger partial charge in [-0.3, -0.25) is 9.97 Å². The zero-order valence-corrected chi connectivity index (χ0v) is 21.8. The van der Waals surface area contributed by atoms with Crippen LogP contribution >= 0.6 is 0 Å². The van der Waals surface area contributed by atoms with Gasteiger partial charge < -0.3 is 0 Å². The van der Waals surface area contributed by atoms with Crippen LogP contribution in [0.15, 0.2) is 146 Å². The topological polar surface area (TPSA) is 25.8 Å². The average molecular weight is 509 g/mol. The van der Waals surface area contributed by atoms with E-state index >= 15 is 0 Å². The summed E-state index contributed by atoms with van der Waals surface area (Å²) in [7, 11) is 0. The van der Waals surface area contributed by atoms with Crippen molar-refractivity contribution in [1.82, 2.24) is 9.97 Å². The third kappa shape index (κ3) is 3.50. The highest BCUT2D eigenvalue weighted by Crippen LogP contribution is 2.48. The summed E-state index contributed by atoms with van der Waals surface area (Å²) in [5.41, 5.74) is 9.06. The Kier molecular flexibility index (Phi) is 5.17. The first-order chi connectivity index (χ1) is 19.9. The van der Waals surface area contributed by atoms with Crippen LogP contribution in [0.4, 0.5) is 0 Å². The van der Waals surface area contributed by atoms with Crippen molar-refractivity contribution >= 4 is 32.3 Å². The molecule has 0 spiro atoms. The molecule has 0 aliphatic carbocycles. The standard InChI is InChI=1S/C38H24N2/c1-3-11-25(12-4-1)31-23-27-17-20-30-36-28(18-19-29(35(27)36)37(31)33-15-7-9-21-39-33)24-32(26-13-5-2-6-14-26)38(30)34-16-8-10-22-40-34/h1-24H. The lowest BCUT2D eigenvalue weighted by Crippen LogP contribution is -1.95. The summed E-state index contributed by atoms with van der Waals surface area (Å²) >= 11 is 0. The second-order valence-corrected chi connectivity index (χ2v) is 10.2. The van der Waals surface area contributed by atoms with Crippen molar-refractivity contribution in [3.63, 3.8) is 0 Å². The maximum absolute atomic E-state index is 4.83. The highest BCUT2D eigenvalue weighted by molar-refractivity contribution is 6.30. The van der Waals surface area contributed by atoms with Gasteiger partial charge >= 0.3 is 0 Å². The van der Waals surface area contributed by atoms with Crippen LogP contribution in [0, 0.1) is 0 Å². The van der Waals surface area contributed by atoms with Crippen LogP contribution in [0.25, 0.3) is 77.1 Å². The fourth-order valence-corrected chi connectivity index (χ4v) is 6.22. The van der Waals surface area contributed by atoms with Gasteiger partial charge in [-0.2, -0.15) is 0 Å². The molecule has 0 aliphatic rings. The molecule has 186 valence electrons. The van der Waals surface area contributed by atoms with Gasteiger partial charge in [0.15, 0.2) is 0 Å². The number of nitrogens with zero attached hydrogens (tertiary/aromatic N) is 2. The number of aromatic nitrogens is 2. The number of pyridine rings is 2. The highest BCUT2D eigenvalue weighted by atomic mass is 14.7. The Morgan fingerprint density at radius 1 is 0.375 bits per heavy atom. The molecule has 0 N–H and O–H groups in total. The van der Waals surface area contributed by atoms with Gasteiger partial charge in [0, 0.05) is 23.5 Å². The number of benzene rings is 6. The summed E-state index contributed by atoms with van der Waals surface area (Å²) < 4.78 is 0. The highest BCUT2D eigenvalue weighted by Gasteiger charge is 2.21. The maximum atomic E-state index is 4.83. The molecule has 0 saturated carbocycles. The molecule has 0 unspecified atom stereocenters. The van der Waals surface area contributed by atoms with Gasteiger partial charge in [0.25, 0.3) is 0 Å². The molecule has 8 aromatic rings. The molecule has 2 nitrogen and oxygen atoms in total. The minimum Gasteiger partial charge on any atom is -0.256 e. The van der Waals surface area contributed by atoms with Crippen molar-refractivity contribution < 1.29 is 0 Å². The molecule has 0 fully saturated rings. The van der Waals surface area contributed by atoms with Gasteiger partial charge in [-0.25, -0.2) is 0 Å². The summed E-state index contributed by atoms with van der Waals surface area (Å²) in [6.07, 6.45) is 3.76. The summed E-state index contributed by atoms with van der Waals surface area (Å²) in [5.74, 6) is 0. The van der Waals surface area contributed by atoms with Crippen molar-refractivity contribution in [1.29, 1.82) is 0 Å². The summed E-state index contributed by atoms with van der Waals surface area (Å²) in [5, 5.41) is 7.43. The van der Waals surface area contributed by atoms with E-state index in [1.165, 1.54) is 65.7 Å².